The summed E-state index contributed by atoms with van der Waals surface area (Å²) in [6, 6.07) is 1.50. The van der Waals surface area contributed by atoms with Gasteiger partial charge in [-0.3, -0.25) is 4.90 Å². The lowest BCUT2D eigenvalue weighted by molar-refractivity contribution is -0.0262. The van der Waals surface area contributed by atoms with Crippen molar-refractivity contribution in [3.05, 3.63) is 12.3 Å². The Labute approximate surface area is 90.1 Å². The van der Waals surface area contributed by atoms with Gasteiger partial charge in [-0.1, -0.05) is 5.16 Å². The van der Waals surface area contributed by atoms with Crippen molar-refractivity contribution in [2.45, 2.75) is 6.29 Å². The van der Waals surface area contributed by atoms with Crippen molar-refractivity contribution in [3.8, 4) is 0 Å². The van der Waals surface area contributed by atoms with Crippen LogP contribution in [0.25, 0.3) is 0 Å². The second kappa shape index (κ2) is 4.09. The fraction of sp³-hybridized carbons (Fsp3) is 0.375. The maximum absolute atomic E-state index is 11.5. The van der Waals surface area contributed by atoms with E-state index in [0.717, 1.165) is 4.90 Å². The molecule has 1 saturated heterocycles. The van der Waals surface area contributed by atoms with Gasteiger partial charge in [0.15, 0.2) is 5.82 Å². The Kier molecular flexibility index (Phi) is 2.63. The summed E-state index contributed by atoms with van der Waals surface area (Å²) in [6.07, 6.45) is -0.873. The van der Waals surface area contributed by atoms with Gasteiger partial charge in [-0.05, 0) is 0 Å². The Balaban J connectivity index is 1.91. The second-order valence-electron chi connectivity index (χ2n) is 3.02. The van der Waals surface area contributed by atoms with E-state index in [-0.39, 0.29) is 6.54 Å². The normalized spacial score (nSPS) is 18.8. The number of hydrogen-bond acceptors (Lipinski definition) is 6. The molecule has 1 aliphatic heterocycles. The number of carbonyl (C=O) groups excluding carboxylic acids is 2. The molecule has 2 heterocycles. The van der Waals surface area contributed by atoms with Gasteiger partial charge in [-0.2, -0.15) is 0 Å². The third-order valence-corrected chi connectivity index (χ3v) is 1.93. The Morgan fingerprint density at radius 3 is 3.12 bits per heavy atom. The average molecular weight is 227 g/mol. The third kappa shape index (κ3) is 2.05. The van der Waals surface area contributed by atoms with Crippen molar-refractivity contribution in [2.75, 3.05) is 18.5 Å². The second-order valence-corrected chi connectivity index (χ2v) is 3.02. The van der Waals surface area contributed by atoms with E-state index in [0.29, 0.717) is 5.82 Å². The van der Waals surface area contributed by atoms with E-state index < -0.39 is 18.5 Å². The highest BCUT2D eigenvalue weighted by Crippen LogP contribution is 2.11. The number of rotatable bonds is 2. The van der Waals surface area contributed by atoms with Crippen LogP contribution in [0.5, 0.6) is 0 Å². The van der Waals surface area contributed by atoms with Gasteiger partial charge in [0.25, 0.3) is 6.29 Å². The highest BCUT2D eigenvalue weighted by atomic mass is 16.7. The molecule has 1 unspecified atom stereocenters. The zero-order valence-electron chi connectivity index (χ0n) is 8.37. The van der Waals surface area contributed by atoms with Gasteiger partial charge >= 0.3 is 12.2 Å². The summed E-state index contributed by atoms with van der Waals surface area (Å²) < 4.78 is 14.1. The Morgan fingerprint density at radius 2 is 2.56 bits per heavy atom. The summed E-state index contributed by atoms with van der Waals surface area (Å²) in [5, 5.41) is 5.91. The van der Waals surface area contributed by atoms with Gasteiger partial charge in [0.05, 0.1) is 6.54 Å². The minimum Gasteiger partial charge on any atom is -0.407 e. The fourth-order valence-corrected chi connectivity index (χ4v) is 1.10. The Hall–Kier alpha value is -2.25. The van der Waals surface area contributed by atoms with Crippen LogP contribution in [-0.4, -0.2) is 37.2 Å². The van der Waals surface area contributed by atoms with Crippen molar-refractivity contribution in [1.29, 1.82) is 0 Å². The number of alkyl carbamates (subject to hydrolysis) is 1. The third-order valence-electron chi connectivity index (χ3n) is 1.93. The van der Waals surface area contributed by atoms with E-state index in [2.05, 4.69) is 19.7 Å². The predicted octanol–water partition coefficient (Wildman–Crippen LogP) is 0.313. The standard InChI is InChI=1S/C8H9N3O5/c1-11(5-2-3-14-10-5)8(13)16-6-4-9-7(12)15-6/h2-3,6H,4H2,1H3,(H,9,12). The summed E-state index contributed by atoms with van der Waals surface area (Å²) in [6.45, 7) is 0.136. The molecule has 0 aliphatic carbocycles. The van der Waals surface area contributed by atoms with E-state index >= 15 is 0 Å². The monoisotopic (exact) mass is 227 g/mol. The van der Waals surface area contributed by atoms with Crippen LogP contribution in [0, 0.1) is 0 Å². The number of nitrogens with one attached hydrogen (secondary N) is 1. The molecular formula is C8H9N3O5. The number of hydrogen-bond donors (Lipinski definition) is 1. The molecule has 1 aromatic heterocycles. The highest BCUT2D eigenvalue weighted by Gasteiger charge is 2.28. The number of anilines is 1. The van der Waals surface area contributed by atoms with Crippen LogP contribution >= 0.6 is 0 Å². The summed E-state index contributed by atoms with van der Waals surface area (Å²) in [4.78, 5) is 23.3. The maximum Gasteiger partial charge on any atom is 0.418 e. The van der Waals surface area contributed by atoms with Crippen molar-refractivity contribution in [1.82, 2.24) is 10.5 Å². The predicted molar refractivity (Wildman–Crippen MR) is 49.7 cm³/mol. The van der Waals surface area contributed by atoms with Crippen LogP contribution in [0.2, 0.25) is 0 Å². The molecule has 0 spiro atoms. The van der Waals surface area contributed by atoms with Gasteiger partial charge in [0.2, 0.25) is 0 Å². The summed E-state index contributed by atoms with van der Waals surface area (Å²) in [5.74, 6) is 0.308. The highest BCUT2D eigenvalue weighted by molar-refractivity contribution is 5.85. The summed E-state index contributed by atoms with van der Waals surface area (Å²) in [5.41, 5.74) is 0. The molecule has 1 N–H and O–H groups in total. The van der Waals surface area contributed by atoms with Gasteiger partial charge in [-0.15, -0.1) is 0 Å². The molecular weight excluding hydrogens is 218 g/mol. The fourth-order valence-electron chi connectivity index (χ4n) is 1.10. The minimum absolute atomic E-state index is 0.136. The minimum atomic E-state index is -0.908. The Morgan fingerprint density at radius 1 is 1.75 bits per heavy atom. The quantitative estimate of drug-likeness (QED) is 0.781. The van der Waals surface area contributed by atoms with E-state index in [1.165, 1.54) is 19.4 Å². The smallest absolute Gasteiger partial charge is 0.407 e. The molecule has 2 amide bonds. The molecule has 2 rings (SSSR count). The molecule has 0 saturated carbocycles. The van der Waals surface area contributed by atoms with Crippen LogP contribution in [0.15, 0.2) is 16.9 Å². The zero-order chi connectivity index (χ0) is 11.5. The summed E-state index contributed by atoms with van der Waals surface area (Å²) in [7, 11) is 1.46. The first-order chi connectivity index (χ1) is 7.66. The number of ether oxygens (including phenoxy) is 2. The van der Waals surface area contributed by atoms with Crippen LogP contribution in [0.1, 0.15) is 0 Å². The van der Waals surface area contributed by atoms with Crippen molar-refractivity contribution in [2.24, 2.45) is 0 Å². The Bertz CT molecular complexity index is 390. The number of nitrogens with zero attached hydrogens (tertiary/aromatic N) is 2. The van der Waals surface area contributed by atoms with Crippen LogP contribution < -0.4 is 10.2 Å². The molecule has 1 aromatic rings. The number of aromatic nitrogens is 1. The average Bonchev–Trinajstić information content (AvgIpc) is 2.88. The molecule has 0 radical (unpaired) electrons. The lowest BCUT2D eigenvalue weighted by atomic mass is 10.6. The largest absolute Gasteiger partial charge is 0.418 e. The van der Waals surface area contributed by atoms with Crippen molar-refractivity contribution in [3.63, 3.8) is 0 Å². The molecule has 8 heteroatoms. The molecule has 1 atom stereocenters. The van der Waals surface area contributed by atoms with Crippen molar-refractivity contribution < 1.29 is 23.6 Å². The number of amides is 2. The van der Waals surface area contributed by atoms with Gasteiger partial charge in [0, 0.05) is 13.1 Å². The first kappa shape index (κ1) is 10.3. The van der Waals surface area contributed by atoms with E-state index in [1.54, 1.807) is 0 Å². The van der Waals surface area contributed by atoms with Crippen molar-refractivity contribution >= 4 is 18.0 Å². The first-order valence-corrected chi connectivity index (χ1v) is 4.46. The van der Waals surface area contributed by atoms with Gasteiger partial charge in [0.1, 0.15) is 6.26 Å². The van der Waals surface area contributed by atoms with E-state index in [4.69, 9.17) is 4.74 Å². The molecule has 0 bridgehead atoms. The SMILES string of the molecule is CN(C(=O)OC1CNC(=O)O1)c1ccon1. The molecule has 1 fully saturated rings. The van der Waals surface area contributed by atoms with E-state index in [1.807, 2.05) is 0 Å². The number of cyclic esters (lactones) is 1. The molecule has 1 aliphatic rings. The zero-order valence-corrected chi connectivity index (χ0v) is 8.37. The molecule has 16 heavy (non-hydrogen) atoms. The molecule has 8 nitrogen and oxygen atoms in total. The molecule has 86 valence electrons. The van der Waals surface area contributed by atoms with Crippen LogP contribution in [0.3, 0.4) is 0 Å². The topological polar surface area (TPSA) is 93.9 Å². The lowest BCUT2D eigenvalue weighted by Gasteiger charge is -2.15. The van der Waals surface area contributed by atoms with Crippen LogP contribution in [-0.2, 0) is 9.47 Å². The van der Waals surface area contributed by atoms with E-state index in [9.17, 15) is 9.59 Å². The van der Waals surface area contributed by atoms with Crippen LogP contribution in [0.4, 0.5) is 15.4 Å². The summed E-state index contributed by atoms with van der Waals surface area (Å²) >= 11 is 0. The molecule has 0 aromatic carbocycles. The first-order valence-electron chi connectivity index (χ1n) is 4.46. The van der Waals surface area contributed by atoms with Gasteiger partial charge in [-0.25, -0.2) is 9.59 Å². The number of carbonyl (C=O) groups is 2. The lowest BCUT2D eigenvalue weighted by Crippen LogP contribution is -2.32. The maximum atomic E-state index is 11.5. The van der Waals surface area contributed by atoms with Gasteiger partial charge < -0.3 is 19.3 Å².